The van der Waals surface area contributed by atoms with Gasteiger partial charge >= 0.3 is 6.18 Å². The molecule has 0 atom stereocenters. The zero-order valence-corrected chi connectivity index (χ0v) is 12.5. The number of alkyl halides is 3. The summed E-state index contributed by atoms with van der Waals surface area (Å²) in [7, 11) is 1.72. The van der Waals surface area contributed by atoms with Gasteiger partial charge in [-0.15, -0.1) is 0 Å². The van der Waals surface area contributed by atoms with Crippen LogP contribution in [0.4, 0.5) is 13.2 Å². The van der Waals surface area contributed by atoms with Crippen LogP contribution in [0.15, 0.2) is 30.5 Å². The lowest BCUT2D eigenvalue weighted by Crippen LogP contribution is -2.24. The highest BCUT2D eigenvalue weighted by molar-refractivity contribution is 5.95. The molecule has 0 saturated carbocycles. The van der Waals surface area contributed by atoms with Crippen molar-refractivity contribution >= 4 is 5.91 Å². The highest BCUT2D eigenvalue weighted by Crippen LogP contribution is 2.29. The zero-order valence-electron chi connectivity index (χ0n) is 12.5. The fraction of sp³-hybridized carbons (Fsp3) is 0.250. The van der Waals surface area contributed by atoms with E-state index in [1.807, 2.05) is 0 Å². The van der Waals surface area contributed by atoms with Crippen molar-refractivity contribution in [2.45, 2.75) is 13.1 Å². The van der Waals surface area contributed by atoms with Crippen molar-refractivity contribution in [1.29, 1.82) is 0 Å². The molecule has 2 rings (SSSR count). The van der Waals surface area contributed by atoms with Crippen molar-refractivity contribution in [2.75, 3.05) is 6.54 Å². The van der Waals surface area contributed by atoms with Gasteiger partial charge in [-0.05, 0) is 25.1 Å². The maximum Gasteiger partial charge on any atom is 0.416 e. The Morgan fingerprint density at radius 3 is 2.74 bits per heavy atom. The Kier molecular flexibility index (Phi) is 4.74. The highest BCUT2D eigenvalue weighted by Gasteiger charge is 2.30. The number of hydrogen-bond acceptors (Lipinski definition) is 2. The Bertz CT molecular complexity index is 782. The fourth-order valence-electron chi connectivity index (χ4n) is 1.86. The van der Waals surface area contributed by atoms with Crippen LogP contribution in [0, 0.1) is 18.8 Å². The maximum absolute atomic E-state index is 12.6. The standard InChI is InChI=1S/C16H14F3N3O/c1-11-14(10-21-22(11)2)15(23)20-8-4-6-12-5-3-7-13(9-12)16(17,18)19/h3,5,7,9-10H,8H2,1-2H3,(H,20,23). The minimum Gasteiger partial charge on any atom is -0.341 e. The van der Waals surface area contributed by atoms with Crippen molar-refractivity contribution in [3.8, 4) is 11.8 Å². The van der Waals surface area contributed by atoms with Crippen LogP contribution in [-0.2, 0) is 13.2 Å². The number of amides is 1. The second-order valence-electron chi connectivity index (χ2n) is 4.83. The molecular weight excluding hydrogens is 307 g/mol. The van der Waals surface area contributed by atoms with Crippen LogP contribution in [-0.4, -0.2) is 22.2 Å². The quantitative estimate of drug-likeness (QED) is 0.864. The number of carbonyl (C=O) groups is 1. The number of aromatic nitrogens is 2. The van der Waals surface area contributed by atoms with Gasteiger partial charge in [-0.3, -0.25) is 9.48 Å². The smallest absolute Gasteiger partial charge is 0.341 e. The summed E-state index contributed by atoms with van der Waals surface area (Å²) >= 11 is 0. The third kappa shape index (κ3) is 4.13. The molecule has 0 radical (unpaired) electrons. The average molecular weight is 321 g/mol. The first-order chi connectivity index (χ1) is 10.8. The molecule has 1 N–H and O–H groups in total. The lowest BCUT2D eigenvalue weighted by molar-refractivity contribution is -0.137. The minimum absolute atomic E-state index is 0.0312. The predicted octanol–water partition coefficient (Wildman–Crippen LogP) is 2.53. The Balaban J connectivity index is 1.99. The van der Waals surface area contributed by atoms with Gasteiger partial charge < -0.3 is 5.32 Å². The molecule has 0 aliphatic carbocycles. The number of nitrogens with zero attached hydrogens (tertiary/aromatic N) is 2. The normalized spacial score (nSPS) is 10.8. The summed E-state index contributed by atoms with van der Waals surface area (Å²) in [6, 6.07) is 4.73. The van der Waals surface area contributed by atoms with E-state index in [9.17, 15) is 18.0 Å². The van der Waals surface area contributed by atoms with Crippen molar-refractivity contribution in [2.24, 2.45) is 7.05 Å². The van der Waals surface area contributed by atoms with Gasteiger partial charge in [-0.25, -0.2) is 0 Å². The Morgan fingerprint density at radius 2 is 2.13 bits per heavy atom. The molecule has 0 fully saturated rings. The van der Waals surface area contributed by atoms with Crippen LogP contribution in [0.25, 0.3) is 0 Å². The molecular formula is C16H14F3N3O. The van der Waals surface area contributed by atoms with Gasteiger partial charge in [0.1, 0.15) is 0 Å². The molecule has 0 bridgehead atoms. The van der Waals surface area contributed by atoms with E-state index in [0.29, 0.717) is 11.3 Å². The zero-order chi connectivity index (χ0) is 17.0. The van der Waals surface area contributed by atoms with Crippen LogP contribution < -0.4 is 5.32 Å². The summed E-state index contributed by atoms with van der Waals surface area (Å²) in [5.74, 6) is 4.90. The van der Waals surface area contributed by atoms with E-state index >= 15 is 0 Å². The van der Waals surface area contributed by atoms with Gasteiger partial charge in [0.2, 0.25) is 0 Å². The number of benzene rings is 1. The lowest BCUT2D eigenvalue weighted by atomic mass is 10.1. The Morgan fingerprint density at radius 1 is 1.39 bits per heavy atom. The molecule has 0 saturated heterocycles. The van der Waals surface area contributed by atoms with Crippen LogP contribution in [0.5, 0.6) is 0 Å². The maximum atomic E-state index is 12.6. The van der Waals surface area contributed by atoms with Crippen molar-refractivity contribution < 1.29 is 18.0 Å². The van der Waals surface area contributed by atoms with E-state index in [2.05, 4.69) is 22.3 Å². The van der Waals surface area contributed by atoms with E-state index in [1.165, 1.54) is 18.3 Å². The van der Waals surface area contributed by atoms with Crippen LogP contribution >= 0.6 is 0 Å². The first-order valence-corrected chi connectivity index (χ1v) is 6.72. The van der Waals surface area contributed by atoms with Crippen LogP contribution in [0.2, 0.25) is 0 Å². The molecule has 4 nitrogen and oxygen atoms in total. The summed E-state index contributed by atoms with van der Waals surface area (Å²) in [6.45, 7) is 1.79. The van der Waals surface area contributed by atoms with Crippen LogP contribution in [0.3, 0.4) is 0 Å². The van der Waals surface area contributed by atoms with E-state index < -0.39 is 11.7 Å². The number of halogens is 3. The highest BCUT2D eigenvalue weighted by atomic mass is 19.4. The molecule has 2 aromatic rings. The summed E-state index contributed by atoms with van der Waals surface area (Å²) < 4.78 is 39.3. The number of aryl methyl sites for hydroxylation is 1. The number of carbonyl (C=O) groups excluding carboxylic acids is 1. The number of nitrogens with one attached hydrogen (secondary N) is 1. The van der Waals surface area contributed by atoms with E-state index in [4.69, 9.17) is 0 Å². The average Bonchev–Trinajstić information content (AvgIpc) is 2.83. The van der Waals surface area contributed by atoms with Gasteiger partial charge in [0.25, 0.3) is 5.91 Å². The van der Waals surface area contributed by atoms with Crippen LogP contribution in [0.1, 0.15) is 27.2 Å². The monoisotopic (exact) mass is 321 g/mol. The largest absolute Gasteiger partial charge is 0.416 e. The molecule has 0 unspecified atom stereocenters. The molecule has 0 aliphatic rings. The van der Waals surface area contributed by atoms with Gasteiger partial charge in [0.05, 0.1) is 23.9 Å². The number of hydrogen-bond donors (Lipinski definition) is 1. The molecule has 23 heavy (non-hydrogen) atoms. The summed E-state index contributed by atoms with van der Waals surface area (Å²) in [4.78, 5) is 11.9. The molecule has 120 valence electrons. The second-order valence-corrected chi connectivity index (χ2v) is 4.83. The fourth-order valence-corrected chi connectivity index (χ4v) is 1.86. The Labute approximate surface area is 131 Å². The first kappa shape index (κ1) is 16.6. The molecule has 0 spiro atoms. The molecule has 7 heteroatoms. The van der Waals surface area contributed by atoms with Gasteiger partial charge in [0, 0.05) is 18.3 Å². The summed E-state index contributed by atoms with van der Waals surface area (Å²) in [5, 5.41) is 6.54. The van der Waals surface area contributed by atoms with E-state index in [0.717, 1.165) is 12.1 Å². The predicted molar refractivity (Wildman–Crippen MR) is 78.6 cm³/mol. The number of rotatable bonds is 2. The summed E-state index contributed by atoms with van der Waals surface area (Å²) in [5.41, 5.74) is 0.646. The molecule has 0 aliphatic heterocycles. The first-order valence-electron chi connectivity index (χ1n) is 6.72. The molecule has 1 amide bonds. The lowest BCUT2D eigenvalue weighted by Gasteiger charge is -2.05. The third-order valence-corrected chi connectivity index (χ3v) is 3.24. The molecule has 1 aromatic heterocycles. The third-order valence-electron chi connectivity index (χ3n) is 3.24. The van der Waals surface area contributed by atoms with E-state index in [1.54, 1.807) is 18.7 Å². The molecule has 1 heterocycles. The van der Waals surface area contributed by atoms with Gasteiger partial charge in [0.15, 0.2) is 0 Å². The van der Waals surface area contributed by atoms with E-state index in [-0.39, 0.29) is 18.0 Å². The summed E-state index contributed by atoms with van der Waals surface area (Å²) in [6.07, 6.45) is -2.95. The SMILES string of the molecule is Cc1c(C(=O)NCC#Cc2cccc(C(F)(F)F)c2)cnn1C. The topological polar surface area (TPSA) is 46.9 Å². The van der Waals surface area contributed by atoms with Crippen molar-refractivity contribution in [1.82, 2.24) is 15.1 Å². The van der Waals surface area contributed by atoms with Gasteiger partial charge in [-0.2, -0.15) is 18.3 Å². The van der Waals surface area contributed by atoms with Crippen molar-refractivity contribution in [3.05, 3.63) is 52.8 Å². The molecule has 1 aromatic carbocycles. The second kappa shape index (κ2) is 6.57. The minimum atomic E-state index is -4.40. The van der Waals surface area contributed by atoms with Crippen molar-refractivity contribution in [3.63, 3.8) is 0 Å². The Hall–Kier alpha value is -2.75. The van der Waals surface area contributed by atoms with Gasteiger partial charge in [-0.1, -0.05) is 17.9 Å².